The first-order valence-corrected chi connectivity index (χ1v) is 8.11. The van der Waals surface area contributed by atoms with Crippen molar-refractivity contribution >= 4 is 51.2 Å². The molecular weight excluding hydrogens is 349 g/mol. The van der Waals surface area contributed by atoms with Gasteiger partial charge >= 0.3 is 0 Å². The summed E-state index contributed by atoms with van der Waals surface area (Å²) in [5.74, 6) is 0.655. The summed E-state index contributed by atoms with van der Waals surface area (Å²) in [5.41, 5.74) is 7.57. The van der Waals surface area contributed by atoms with Crippen LogP contribution in [0.5, 0.6) is 5.75 Å². The van der Waals surface area contributed by atoms with Crippen LogP contribution >= 0.6 is 35.4 Å². The van der Waals surface area contributed by atoms with Crippen molar-refractivity contribution in [3.63, 3.8) is 0 Å². The molecule has 0 unspecified atom stereocenters. The van der Waals surface area contributed by atoms with Gasteiger partial charge in [-0.1, -0.05) is 71.8 Å². The van der Waals surface area contributed by atoms with Crippen LogP contribution in [0.2, 0.25) is 10.0 Å². The molecule has 3 rings (SSSR count). The fraction of sp³-hybridized carbons (Fsp3) is 0.0556. The first kappa shape index (κ1) is 16.1. The number of hydrogen-bond donors (Lipinski definition) is 1. The van der Waals surface area contributed by atoms with Gasteiger partial charge in [0.25, 0.3) is 0 Å². The van der Waals surface area contributed by atoms with Gasteiger partial charge in [-0.25, -0.2) is 0 Å². The Balaban J connectivity index is 1.94. The third-order valence-corrected chi connectivity index (χ3v) is 4.46. The first-order chi connectivity index (χ1) is 11.1. The van der Waals surface area contributed by atoms with Gasteiger partial charge in [0.1, 0.15) is 17.3 Å². The summed E-state index contributed by atoms with van der Waals surface area (Å²) in [4.78, 5) is 0.311. The third kappa shape index (κ3) is 3.42. The Bertz CT molecular complexity index is 895. The highest BCUT2D eigenvalue weighted by Crippen LogP contribution is 2.29. The Labute approximate surface area is 149 Å². The van der Waals surface area contributed by atoms with Gasteiger partial charge in [-0.3, -0.25) is 0 Å². The van der Waals surface area contributed by atoms with E-state index >= 15 is 0 Å². The minimum atomic E-state index is 0.311. The molecule has 0 spiro atoms. The molecule has 3 aromatic rings. The number of halogens is 2. The molecule has 23 heavy (non-hydrogen) atoms. The van der Waals surface area contributed by atoms with Gasteiger partial charge in [-0.15, -0.1) is 0 Å². The van der Waals surface area contributed by atoms with E-state index in [1.807, 2.05) is 42.5 Å². The fourth-order valence-electron chi connectivity index (χ4n) is 2.42. The van der Waals surface area contributed by atoms with Crippen LogP contribution in [0.4, 0.5) is 0 Å². The molecule has 0 radical (unpaired) electrons. The van der Waals surface area contributed by atoms with Crippen molar-refractivity contribution in [2.45, 2.75) is 6.61 Å². The summed E-state index contributed by atoms with van der Waals surface area (Å²) < 4.78 is 5.92. The maximum atomic E-state index is 6.03. The van der Waals surface area contributed by atoms with Gasteiger partial charge in [0.15, 0.2) is 0 Å². The van der Waals surface area contributed by atoms with E-state index in [1.54, 1.807) is 12.1 Å². The SMILES string of the molecule is NC(=S)c1c(OCc2ccc(Cl)c(Cl)c2)ccc2ccccc12. The summed E-state index contributed by atoms with van der Waals surface area (Å²) in [7, 11) is 0. The zero-order valence-electron chi connectivity index (χ0n) is 12.1. The van der Waals surface area contributed by atoms with Crippen LogP contribution in [0, 0.1) is 0 Å². The summed E-state index contributed by atoms with van der Waals surface area (Å²) >= 11 is 17.2. The second-order valence-corrected chi connectivity index (χ2v) is 6.32. The average Bonchev–Trinajstić information content (AvgIpc) is 2.55. The Morgan fingerprint density at radius 1 is 1.00 bits per heavy atom. The van der Waals surface area contributed by atoms with Crippen LogP contribution in [0.3, 0.4) is 0 Å². The van der Waals surface area contributed by atoms with Gasteiger partial charge in [-0.05, 0) is 34.5 Å². The molecule has 0 aromatic heterocycles. The summed E-state index contributed by atoms with van der Waals surface area (Å²) in [6.45, 7) is 0.352. The smallest absolute Gasteiger partial charge is 0.130 e. The predicted molar refractivity (Wildman–Crippen MR) is 101 cm³/mol. The van der Waals surface area contributed by atoms with Gasteiger partial charge in [0.2, 0.25) is 0 Å². The molecule has 0 aliphatic carbocycles. The Morgan fingerprint density at radius 2 is 1.78 bits per heavy atom. The van der Waals surface area contributed by atoms with Crippen molar-refractivity contribution in [3.05, 3.63) is 75.8 Å². The normalized spacial score (nSPS) is 10.7. The van der Waals surface area contributed by atoms with Gasteiger partial charge < -0.3 is 10.5 Å². The molecular formula is C18H13Cl2NOS. The number of nitrogens with two attached hydrogens (primary N) is 1. The highest BCUT2D eigenvalue weighted by atomic mass is 35.5. The lowest BCUT2D eigenvalue weighted by Gasteiger charge is -2.13. The van der Waals surface area contributed by atoms with Crippen LogP contribution in [-0.2, 0) is 6.61 Å². The monoisotopic (exact) mass is 361 g/mol. The van der Waals surface area contributed by atoms with E-state index in [-0.39, 0.29) is 0 Å². The van der Waals surface area contributed by atoms with E-state index in [0.717, 1.165) is 21.9 Å². The molecule has 0 atom stereocenters. The van der Waals surface area contributed by atoms with Crippen molar-refractivity contribution < 1.29 is 4.74 Å². The van der Waals surface area contributed by atoms with Crippen molar-refractivity contribution in [2.24, 2.45) is 5.73 Å². The third-order valence-electron chi connectivity index (χ3n) is 3.52. The quantitative estimate of drug-likeness (QED) is 0.635. The molecule has 0 aliphatic rings. The molecule has 0 heterocycles. The van der Waals surface area contributed by atoms with Crippen LogP contribution in [0.25, 0.3) is 10.8 Å². The standard InChI is InChI=1S/C18H13Cl2NOS/c19-14-7-5-11(9-15(14)20)10-22-16-8-6-12-3-1-2-4-13(12)17(16)18(21)23/h1-9H,10H2,(H2,21,23). The number of thiocarbonyl (C=S) groups is 1. The van der Waals surface area contributed by atoms with Crippen molar-refractivity contribution in [1.29, 1.82) is 0 Å². The van der Waals surface area contributed by atoms with E-state index in [4.69, 9.17) is 45.9 Å². The maximum Gasteiger partial charge on any atom is 0.130 e. The lowest BCUT2D eigenvalue weighted by molar-refractivity contribution is 0.306. The lowest BCUT2D eigenvalue weighted by Crippen LogP contribution is -2.12. The van der Waals surface area contributed by atoms with Gasteiger partial charge in [0, 0.05) is 0 Å². The molecule has 5 heteroatoms. The van der Waals surface area contributed by atoms with E-state index in [2.05, 4.69) is 0 Å². The summed E-state index contributed by atoms with van der Waals surface area (Å²) in [5, 5.41) is 3.06. The number of fused-ring (bicyclic) bond motifs is 1. The molecule has 2 nitrogen and oxygen atoms in total. The second-order valence-electron chi connectivity index (χ2n) is 5.06. The minimum absolute atomic E-state index is 0.311. The van der Waals surface area contributed by atoms with Crippen molar-refractivity contribution in [3.8, 4) is 5.75 Å². The number of benzene rings is 3. The van der Waals surface area contributed by atoms with Crippen LogP contribution < -0.4 is 10.5 Å². The zero-order chi connectivity index (χ0) is 16.4. The highest BCUT2D eigenvalue weighted by Gasteiger charge is 2.11. The first-order valence-electron chi connectivity index (χ1n) is 6.94. The van der Waals surface area contributed by atoms with E-state index < -0.39 is 0 Å². The summed E-state index contributed by atoms with van der Waals surface area (Å²) in [6.07, 6.45) is 0. The Morgan fingerprint density at radius 3 is 2.52 bits per heavy atom. The molecule has 0 fully saturated rings. The largest absolute Gasteiger partial charge is 0.488 e. The molecule has 0 saturated carbocycles. The maximum absolute atomic E-state index is 6.03. The number of rotatable bonds is 4. The molecule has 2 N–H and O–H groups in total. The number of ether oxygens (including phenoxy) is 1. The van der Waals surface area contributed by atoms with Crippen LogP contribution in [0.15, 0.2) is 54.6 Å². The van der Waals surface area contributed by atoms with Crippen LogP contribution in [0.1, 0.15) is 11.1 Å². The van der Waals surface area contributed by atoms with Gasteiger partial charge in [-0.2, -0.15) is 0 Å². The fourth-order valence-corrected chi connectivity index (χ4v) is 2.95. The average molecular weight is 362 g/mol. The predicted octanol–water partition coefficient (Wildman–Crippen LogP) is 5.36. The topological polar surface area (TPSA) is 35.2 Å². The molecule has 3 aromatic carbocycles. The molecule has 0 amide bonds. The van der Waals surface area contributed by atoms with Crippen molar-refractivity contribution in [1.82, 2.24) is 0 Å². The van der Waals surface area contributed by atoms with Gasteiger partial charge in [0.05, 0.1) is 15.6 Å². The summed E-state index contributed by atoms with van der Waals surface area (Å²) in [6, 6.07) is 17.2. The Kier molecular flexibility index (Phi) is 4.71. The minimum Gasteiger partial charge on any atom is -0.488 e. The second kappa shape index (κ2) is 6.75. The molecule has 0 saturated heterocycles. The van der Waals surface area contributed by atoms with E-state index in [1.165, 1.54) is 0 Å². The highest BCUT2D eigenvalue weighted by molar-refractivity contribution is 7.80. The van der Waals surface area contributed by atoms with E-state index in [9.17, 15) is 0 Å². The number of hydrogen-bond acceptors (Lipinski definition) is 2. The molecule has 116 valence electrons. The molecule has 0 bridgehead atoms. The van der Waals surface area contributed by atoms with E-state index in [0.29, 0.717) is 27.4 Å². The zero-order valence-corrected chi connectivity index (χ0v) is 14.4. The van der Waals surface area contributed by atoms with Crippen LogP contribution in [-0.4, -0.2) is 4.99 Å². The lowest BCUT2D eigenvalue weighted by atomic mass is 10.0. The van der Waals surface area contributed by atoms with Crippen molar-refractivity contribution in [2.75, 3.05) is 0 Å². The molecule has 0 aliphatic heterocycles. The Hall–Kier alpha value is -1.81.